The van der Waals surface area contributed by atoms with Gasteiger partial charge in [0.05, 0.1) is 10.5 Å². The van der Waals surface area contributed by atoms with E-state index in [1.807, 2.05) is 7.05 Å². The molecule has 0 aliphatic carbocycles. The van der Waals surface area contributed by atoms with Crippen LogP contribution < -0.4 is 5.32 Å². The van der Waals surface area contributed by atoms with Crippen LogP contribution in [0.2, 0.25) is 0 Å². The van der Waals surface area contributed by atoms with Gasteiger partial charge in [-0.25, -0.2) is 8.42 Å². The molecular weight excluding hydrogens is 356 g/mol. The largest absolute Gasteiger partial charge is 0.337 e. The Labute approximate surface area is 133 Å². The molecule has 1 aliphatic rings. The molecule has 1 aromatic rings. The maximum atomic E-state index is 12.6. The summed E-state index contributed by atoms with van der Waals surface area (Å²) in [6.07, 6.45) is 3.13. The van der Waals surface area contributed by atoms with E-state index in [4.69, 9.17) is 0 Å². The van der Waals surface area contributed by atoms with Gasteiger partial charge in [-0.05, 0) is 54.0 Å². The van der Waals surface area contributed by atoms with Crippen molar-refractivity contribution in [3.8, 4) is 0 Å². The summed E-state index contributed by atoms with van der Waals surface area (Å²) in [4.78, 5) is 14.6. The summed E-state index contributed by atoms with van der Waals surface area (Å²) in [6, 6.07) is 4.86. The highest BCUT2D eigenvalue weighted by Gasteiger charge is 2.25. The Morgan fingerprint density at radius 1 is 1.43 bits per heavy atom. The van der Waals surface area contributed by atoms with E-state index in [0.29, 0.717) is 29.2 Å². The molecule has 1 atom stereocenters. The van der Waals surface area contributed by atoms with E-state index >= 15 is 0 Å². The summed E-state index contributed by atoms with van der Waals surface area (Å²) in [7, 11) is -1.44. The van der Waals surface area contributed by atoms with Gasteiger partial charge in [0.25, 0.3) is 5.91 Å². The second-order valence-corrected chi connectivity index (χ2v) is 8.16. The van der Waals surface area contributed by atoms with Crippen molar-refractivity contribution >= 4 is 31.7 Å². The first-order valence-electron chi connectivity index (χ1n) is 6.79. The molecule has 21 heavy (non-hydrogen) atoms. The van der Waals surface area contributed by atoms with E-state index in [0.717, 1.165) is 19.1 Å². The van der Waals surface area contributed by atoms with Gasteiger partial charge in [0, 0.05) is 29.9 Å². The molecule has 1 fully saturated rings. The molecule has 0 saturated carbocycles. The molecule has 1 N–H and O–H groups in total. The SMILES string of the molecule is CN[C@@H]1CCCN(C(=O)c2cc(S(C)(=O)=O)ccc2Br)C1. The van der Waals surface area contributed by atoms with Crippen molar-refractivity contribution in [1.29, 1.82) is 0 Å². The fourth-order valence-electron chi connectivity index (χ4n) is 2.47. The predicted molar refractivity (Wildman–Crippen MR) is 85.2 cm³/mol. The van der Waals surface area contributed by atoms with E-state index in [-0.39, 0.29) is 10.8 Å². The van der Waals surface area contributed by atoms with Crippen LogP contribution >= 0.6 is 15.9 Å². The number of hydrogen-bond donors (Lipinski definition) is 1. The average molecular weight is 375 g/mol. The minimum Gasteiger partial charge on any atom is -0.337 e. The molecule has 0 unspecified atom stereocenters. The fraction of sp³-hybridized carbons (Fsp3) is 0.500. The normalized spacial score (nSPS) is 19.6. The van der Waals surface area contributed by atoms with Crippen molar-refractivity contribution in [1.82, 2.24) is 10.2 Å². The lowest BCUT2D eigenvalue weighted by Crippen LogP contribution is -2.47. The van der Waals surface area contributed by atoms with E-state index in [1.54, 1.807) is 11.0 Å². The number of rotatable bonds is 3. The molecule has 2 rings (SSSR count). The number of likely N-dealkylation sites (tertiary alicyclic amines) is 1. The molecule has 7 heteroatoms. The van der Waals surface area contributed by atoms with Crippen molar-refractivity contribution in [2.45, 2.75) is 23.8 Å². The molecule has 5 nitrogen and oxygen atoms in total. The third kappa shape index (κ3) is 3.84. The Morgan fingerprint density at radius 3 is 2.76 bits per heavy atom. The average Bonchev–Trinajstić information content (AvgIpc) is 2.46. The molecular formula is C14H19BrN2O3S. The molecule has 1 saturated heterocycles. The maximum absolute atomic E-state index is 12.6. The number of halogens is 1. The molecule has 0 aromatic heterocycles. The van der Waals surface area contributed by atoms with Gasteiger partial charge in [-0.1, -0.05) is 0 Å². The topological polar surface area (TPSA) is 66.5 Å². The summed E-state index contributed by atoms with van der Waals surface area (Å²) in [6.45, 7) is 1.34. The molecule has 0 radical (unpaired) electrons. The Balaban J connectivity index is 2.30. The highest BCUT2D eigenvalue weighted by molar-refractivity contribution is 9.10. The van der Waals surface area contributed by atoms with Crippen molar-refractivity contribution in [3.05, 3.63) is 28.2 Å². The minimum atomic E-state index is -3.33. The van der Waals surface area contributed by atoms with Gasteiger partial charge in [0.2, 0.25) is 0 Å². The Kier molecular flexibility index (Phi) is 5.06. The minimum absolute atomic E-state index is 0.132. The first-order chi connectivity index (χ1) is 9.82. The number of benzene rings is 1. The molecule has 0 bridgehead atoms. The van der Waals surface area contributed by atoms with Gasteiger partial charge in [0.15, 0.2) is 9.84 Å². The molecule has 1 amide bonds. The van der Waals surface area contributed by atoms with Crippen molar-refractivity contribution in [3.63, 3.8) is 0 Å². The van der Waals surface area contributed by atoms with Gasteiger partial charge in [0.1, 0.15) is 0 Å². The van der Waals surface area contributed by atoms with Crippen LogP contribution in [0.3, 0.4) is 0 Å². The summed E-state index contributed by atoms with van der Waals surface area (Å²) in [5.74, 6) is -0.132. The van der Waals surface area contributed by atoms with Crippen LogP contribution in [0.5, 0.6) is 0 Å². The lowest BCUT2D eigenvalue weighted by atomic mass is 10.0. The van der Waals surface area contributed by atoms with Crippen LogP contribution in [0.25, 0.3) is 0 Å². The van der Waals surface area contributed by atoms with Crippen LogP contribution in [-0.4, -0.2) is 51.7 Å². The van der Waals surface area contributed by atoms with Crippen molar-refractivity contribution < 1.29 is 13.2 Å². The molecule has 1 aliphatic heterocycles. The van der Waals surface area contributed by atoms with Crippen LogP contribution in [0.15, 0.2) is 27.6 Å². The van der Waals surface area contributed by atoms with Crippen LogP contribution in [0.1, 0.15) is 23.2 Å². The zero-order valence-corrected chi connectivity index (χ0v) is 14.5. The first kappa shape index (κ1) is 16.5. The van der Waals surface area contributed by atoms with E-state index in [1.165, 1.54) is 12.1 Å². The molecule has 1 aromatic carbocycles. The van der Waals surface area contributed by atoms with Gasteiger partial charge in [-0.15, -0.1) is 0 Å². The second kappa shape index (κ2) is 6.46. The molecule has 1 heterocycles. The highest BCUT2D eigenvalue weighted by Crippen LogP contribution is 2.24. The quantitative estimate of drug-likeness (QED) is 0.873. The zero-order valence-electron chi connectivity index (χ0n) is 12.1. The van der Waals surface area contributed by atoms with E-state index < -0.39 is 9.84 Å². The lowest BCUT2D eigenvalue weighted by Gasteiger charge is -2.32. The fourth-order valence-corrected chi connectivity index (χ4v) is 3.53. The molecule has 116 valence electrons. The highest BCUT2D eigenvalue weighted by atomic mass is 79.9. The van der Waals surface area contributed by atoms with Gasteiger partial charge < -0.3 is 10.2 Å². The van der Waals surface area contributed by atoms with Crippen LogP contribution in [-0.2, 0) is 9.84 Å². The number of amides is 1. The number of hydrogen-bond acceptors (Lipinski definition) is 4. The number of piperidine rings is 1. The van der Waals surface area contributed by atoms with Crippen LogP contribution in [0, 0.1) is 0 Å². The summed E-state index contributed by atoms with van der Waals surface area (Å²) < 4.78 is 23.9. The third-order valence-corrected chi connectivity index (χ3v) is 5.51. The number of nitrogens with one attached hydrogen (secondary N) is 1. The Morgan fingerprint density at radius 2 is 2.14 bits per heavy atom. The number of likely N-dealkylation sites (N-methyl/N-ethyl adjacent to an activating group) is 1. The maximum Gasteiger partial charge on any atom is 0.255 e. The zero-order chi connectivity index (χ0) is 15.6. The smallest absolute Gasteiger partial charge is 0.255 e. The number of carbonyl (C=O) groups excluding carboxylic acids is 1. The summed E-state index contributed by atoms with van der Waals surface area (Å²) >= 11 is 3.34. The standard InChI is InChI=1S/C14H19BrN2O3S/c1-16-10-4-3-7-17(9-10)14(18)12-8-11(21(2,19)20)5-6-13(12)15/h5-6,8,10,16H,3-4,7,9H2,1-2H3/t10-/m1/s1. The summed E-state index contributed by atoms with van der Waals surface area (Å²) in [5, 5.41) is 3.19. The number of sulfone groups is 1. The van der Waals surface area contributed by atoms with Crippen molar-refractivity contribution in [2.75, 3.05) is 26.4 Å². The lowest BCUT2D eigenvalue weighted by molar-refractivity contribution is 0.0697. The Bertz CT molecular complexity index is 646. The third-order valence-electron chi connectivity index (χ3n) is 3.71. The van der Waals surface area contributed by atoms with E-state index in [2.05, 4.69) is 21.2 Å². The van der Waals surface area contributed by atoms with E-state index in [9.17, 15) is 13.2 Å². The summed E-state index contributed by atoms with van der Waals surface area (Å²) in [5.41, 5.74) is 0.398. The number of nitrogens with zero attached hydrogens (tertiary/aromatic N) is 1. The number of carbonyl (C=O) groups is 1. The Hall–Kier alpha value is -0.920. The van der Waals surface area contributed by atoms with Gasteiger partial charge in [-0.3, -0.25) is 4.79 Å². The van der Waals surface area contributed by atoms with Gasteiger partial charge in [-0.2, -0.15) is 0 Å². The first-order valence-corrected chi connectivity index (χ1v) is 9.47. The van der Waals surface area contributed by atoms with Crippen molar-refractivity contribution in [2.24, 2.45) is 0 Å². The second-order valence-electron chi connectivity index (χ2n) is 5.29. The monoisotopic (exact) mass is 374 g/mol. The van der Waals surface area contributed by atoms with Crippen LogP contribution in [0.4, 0.5) is 0 Å². The predicted octanol–water partition coefficient (Wildman–Crippen LogP) is 1.68. The molecule has 0 spiro atoms. The van der Waals surface area contributed by atoms with Gasteiger partial charge >= 0.3 is 0 Å².